The molecule has 114 valence electrons. The van der Waals surface area contributed by atoms with Gasteiger partial charge in [0.1, 0.15) is 5.75 Å². The monoisotopic (exact) mass is 297 g/mol. The van der Waals surface area contributed by atoms with Crippen LogP contribution in [0.2, 0.25) is 0 Å². The van der Waals surface area contributed by atoms with Crippen molar-refractivity contribution in [3.05, 3.63) is 59.7 Å². The maximum Gasteiger partial charge on any atom is 0.336 e. The first kappa shape index (κ1) is 15.6. The maximum absolute atomic E-state index is 11.6. The van der Waals surface area contributed by atoms with Gasteiger partial charge in [-0.05, 0) is 36.3 Å². The molecule has 2 rings (SSSR count). The minimum Gasteiger partial charge on any atom is -0.493 e. The van der Waals surface area contributed by atoms with E-state index in [-0.39, 0.29) is 5.57 Å². The molecule has 0 radical (unpaired) electrons. The van der Waals surface area contributed by atoms with Crippen LogP contribution in [0, 0.1) is 0 Å². The standard InChI is InChI=1S/C18H19NO3/c1-2-11-22-17-6-4-3-5-14(17)12-16(18(20)21)13-7-9-15(19)10-8-13/h3-10,12H,2,11,19H2,1H3,(H,20,21)/b16-12-. The lowest BCUT2D eigenvalue weighted by Crippen LogP contribution is -2.01. The number of rotatable bonds is 6. The Hall–Kier alpha value is -2.75. The number of carbonyl (C=O) groups is 1. The summed E-state index contributed by atoms with van der Waals surface area (Å²) in [6.45, 7) is 2.62. The molecule has 0 amide bonds. The van der Waals surface area contributed by atoms with Gasteiger partial charge < -0.3 is 15.6 Å². The molecule has 2 aromatic rings. The smallest absolute Gasteiger partial charge is 0.336 e. The van der Waals surface area contributed by atoms with Gasteiger partial charge in [-0.25, -0.2) is 4.79 Å². The van der Waals surface area contributed by atoms with E-state index in [2.05, 4.69) is 0 Å². The van der Waals surface area contributed by atoms with Gasteiger partial charge >= 0.3 is 5.97 Å². The first-order valence-corrected chi connectivity index (χ1v) is 7.14. The average molecular weight is 297 g/mol. The predicted octanol–water partition coefficient (Wildman–Crippen LogP) is 3.68. The van der Waals surface area contributed by atoms with Crippen molar-refractivity contribution in [2.24, 2.45) is 0 Å². The summed E-state index contributed by atoms with van der Waals surface area (Å²) in [5.41, 5.74) is 7.79. The van der Waals surface area contributed by atoms with Crippen LogP contribution in [0.25, 0.3) is 11.6 Å². The number of nitrogen functional groups attached to an aromatic ring is 1. The lowest BCUT2D eigenvalue weighted by molar-refractivity contribution is -0.130. The summed E-state index contributed by atoms with van der Waals surface area (Å²) in [5.74, 6) is -0.311. The molecule has 0 fully saturated rings. The van der Waals surface area contributed by atoms with Crippen molar-refractivity contribution >= 4 is 23.3 Å². The van der Waals surface area contributed by atoms with E-state index >= 15 is 0 Å². The van der Waals surface area contributed by atoms with Crippen LogP contribution in [0.1, 0.15) is 24.5 Å². The third-order valence-electron chi connectivity index (χ3n) is 3.13. The topological polar surface area (TPSA) is 72.5 Å². The Kier molecular flexibility index (Phi) is 5.20. The minimum absolute atomic E-state index is 0.201. The Morgan fingerprint density at radius 2 is 1.86 bits per heavy atom. The van der Waals surface area contributed by atoms with Gasteiger partial charge in [0.05, 0.1) is 12.2 Å². The molecule has 4 heteroatoms. The number of para-hydroxylation sites is 1. The Balaban J connectivity index is 2.42. The average Bonchev–Trinajstić information content (AvgIpc) is 2.52. The number of nitrogens with two attached hydrogens (primary N) is 1. The number of hydrogen-bond donors (Lipinski definition) is 2. The number of anilines is 1. The van der Waals surface area contributed by atoms with Crippen LogP contribution in [0.3, 0.4) is 0 Å². The van der Waals surface area contributed by atoms with Crippen LogP contribution < -0.4 is 10.5 Å². The fourth-order valence-corrected chi connectivity index (χ4v) is 2.03. The summed E-state index contributed by atoms with van der Waals surface area (Å²) in [6, 6.07) is 14.2. The van der Waals surface area contributed by atoms with Crippen molar-refractivity contribution in [3.63, 3.8) is 0 Å². The van der Waals surface area contributed by atoms with Gasteiger partial charge in [-0.2, -0.15) is 0 Å². The summed E-state index contributed by atoms with van der Waals surface area (Å²) < 4.78 is 5.66. The van der Waals surface area contributed by atoms with Gasteiger partial charge in [0.15, 0.2) is 0 Å². The highest BCUT2D eigenvalue weighted by atomic mass is 16.5. The van der Waals surface area contributed by atoms with Crippen LogP contribution in [0.15, 0.2) is 48.5 Å². The van der Waals surface area contributed by atoms with Gasteiger partial charge in [-0.1, -0.05) is 37.3 Å². The number of carboxylic acid groups (broad SMARTS) is 1. The van der Waals surface area contributed by atoms with E-state index < -0.39 is 5.97 Å². The van der Waals surface area contributed by atoms with E-state index in [1.54, 1.807) is 30.3 Å². The van der Waals surface area contributed by atoms with Crippen LogP contribution in [0.5, 0.6) is 5.75 Å². The molecule has 0 unspecified atom stereocenters. The Labute approximate surface area is 129 Å². The van der Waals surface area contributed by atoms with Crippen molar-refractivity contribution in [1.29, 1.82) is 0 Å². The lowest BCUT2D eigenvalue weighted by atomic mass is 10.0. The quantitative estimate of drug-likeness (QED) is 0.484. The fraction of sp³-hybridized carbons (Fsp3) is 0.167. The Bertz CT molecular complexity index is 675. The van der Waals surface area contributed by atoms with E-state index in [9.17, 15) is 9.90 Å². The Morgan fingerprint density at radius 3 is 2.50 bits per heavy atom. The third-order valence-corrected chi connectivity index (χ3v) is 3.13. The molecule has 0 heterocycles. The van der Waals surface area contributed by atoms with E-state index in [1.807, 2.05) is 31.2 Å². The van der Waals surface area contributed by atoms with Crippen LogP contribution in [-0.2, 0) is 4.79 Å². The molecule has 0 bridgehead atoms. The van der Waals surface area contributed by atoms with Gasteiger partial charge in [-0.15, -0.1) is 0 Å². The van der Waals surface area contributed by atoms with E-state index in [4.69, 9.17) is 10.5 Å². The van der Waals surface area contributed by atoms with Crippen molar-refractivity contribution in [3.8, 4) is 5.75 Å². The van der Waals surface area contributed by atoms with E-state index in [1.165, 1.54) is 0 Å². The SMILES string of the molecule is CCCOc1ccccc1/C=C(\C(=O)O)c1ccc(N)cc1. The molecule has 0 aromatic heterocycles. The second-order valence-electron chi connectivity index (χ2n) is 4.87. The van der Waals surface area contributed by atoms with Crippen molar-refractivity contribution in [1.82, 2.24) is 0 Å². The predicted molar refractivity (Wildman–Crippen MR) is 88.6 cm³/mol. The number of benzene rings is 2. The second-order valence-corrected chi connectivity index (χ2v) is 4.87. The first-order chi connectivity index (χ1) is 10.6. The molecular weight excluding hydrogens is 278 g/mol. The number of aliphatic carboxylic acids is 1. The zero-order valence-corrected chi connectivity index (χ0v) is 12.5. The molecule has 0 spiro atoms. The lowest BCUT2D eigenvalue weighted by Gasteiger charge is -2.09. The van der Waals surface area contributed by atoms with Crippen LogP contribution in [0.4, 0.5) is 5.69 Å². The Morgan fingerprint density at radius 1 is 1.18 bits per heavy atom. The number of hydrogen-bond acceptors (Lipinski definition) is 3. The van der Waals surface area contributed by atoms with Crippen molar-refractivity contribution in [2.45, 2.75) is 13.3 Å². The number of carboxylic acids is 1. The highest BCUT2D eigenvalue weighted by Gasteiger charge is 2.12. The molecule has 0 aliphatic carbocycles. The van der Waals surface area contributed by atoms with Gasteiger partial charge in [0.2, 0.25) is 0 Å². The van der Waals surface area contributed by atoms with Crippen molar-refractivity contribution < 1.29 is 14.6 Å². The molecule has 0 aliphatic rings. The summed E-state index contributed by atoms with van der Waals surface area (Å²) in [5, 5.41) is 9.48. The molecule has 22 heavy (non-hydrogen) atoms. The summed E-state index contributed by atoms with van der Waals surface area (Å²) in [4.78, 5) is 11.6. The minimum atomic E-state index is -0.991. The zero-order chi connectivity index (χ0) is 15.9. The maximum atomic E-state index is 11.6. The molecule has 3 N–H and O–H groups in total. The normalized spacial score (nSPS) is 11.2. The van der Waals surface area contributed by atoms with Gasteiger partial charge in [0.25, 0.3) is 0 Å². The first-order valence-electron chi connectivity index (χ1n) is 7.14. The highest BCUT2D eigenvalue weighted by molar-refractivity contribution is 6.20. The molecular formula is C18H19NO3. The van der Waals surface area contributed by atoms with Crippen molar-refractivity contribution in [2.75, 3.05) is 12.3 Å². The summed E-state index contributed by atoms with van der Waals surface area (Å²) >= 11 is 0. The molecule has 4 nitrogen and oxygen atoms in total. The summed E-state index contributed by atoms with van der Waals surface area (Å²) in [6.07, 6.45) is 2.51. The largest absolute Gasteiger partial charge is 0.493 e. The fourth-order valence-electron chi connectivity index (χ4n) is 2.03. The molecule has 0 atom stereocenters. The van der Waals surface area contributed by atoms with Gasteiger partial charge in [0, 0.05) is 11.3 Å². The van der Waals surface area contributed by atoms with Crippen LogP contribution in [-0.4, -0.2) is 17.7 Å². The number of ether oxygens (including phenoxy) is 1. The van der Waals surface area contributed by atoms with E-state index in [0.717, 1.165) is 12.0 Å². The molecule has 0 aliphatic heterocycles. The molecule has 0 saturated heterocycles. The van der Waals surface area contributed by atoms with E-state index in [0.29, 0.717) is 23.6 Å². The zero-order valence-electron chi connectivity index (χ0n) is 12.5. The second kappa shape index (κ2) is 7.31. The molecule has 2 aromatic carbocycles. The third kappa shape index (κ3) is 3.88. The summed E-state index contributed by atoms with van der Waals surface area (Å²) in [7, 11) is 0. The van der Waals surface area contributed by atoms with Gasteiger partial charge in [-0.3, -0.25) is 0 Å². The highest BCUT2D eigenvalue weighted by Crippen LogP contribution is 2.25. The molecule has 0 saturated carbocycles. The van der Waals surface area contributed by atoms with Crippen LogP contribution >= 0.6 is 0 Å².